The van der Waals surface area contributed by atoms with Crippen molar-refractivity contribution in [2.75, 3.05) is 32.7 Å². The predicted octanol–water partition coefficient (Wildman–Crippen LogP) is 2.35. The number of Topliss-reactive ketones (excluding diaryl/α,β-unsaturated/α-hetero) is 1. The second kappa shape index (κ2) is 6.06. The molecule has 1 unspecified atom stereocenters. The first-order valence-corrected chi connectivity index (χ1v) is 7.79. The smallest absolute Gasteiger partial charge is 0.177 e. The van der Waals surface area contributed by atoms with Crippen LogP contribution in [0.1, 0.15) is 35.2 Å². The van der Waals surface area contributed by atoms with Crippen molar-refractivity contribution >= 4 is 5.78 Å². The Morgan fingerprint density at radius 1 is 1.20 bits per heavy atom. The van der Waals surface area contributed by atoms with Gasteiger partial charge in [0.25, 0.3) is 0 Å². The first-order chi connectivity index (χ1) is 9.74. The van der Waals surface area contributed by atoms with Gasteiger partial charge in [0.2, 0.25) is 0 Å². The molecule has 2 fully saturated rings. The van der Waals surface area contributed by atoms with E-state index >= 15 is 0 Å². The van der Waals surface area contributed by atoms with Gasteiger partial charge in [-0.05, 0) is 51.4 Å². The number of hydrogen-bond donors (Lipinski definition) is 0. The summed E-state index contributed by atoms with van der Waals surface area (Å²) in [4.78, 5) is 17.5. The zero-order chi connectivity index (χ0) is 13.9. The van der Waals surface area contributed by atoms with E-state index in [1.807, 2.05) is 31.2 Å². The van der Waals surface area contributed by atoms with E-state index in [1.165, 1.54) is 32.4 Å². The molecule has 0 spiro atoms. The molecule has 0 aliphatic carbocycles. The second-order valence-corrected chi connectivity index (χ2v) is 6.16. The van der Waals surface area contributed by atoms with Crippen LogP contribution < -0.4 is 0 Å². The van der Waals surface area contributed by atoms with Crippen molar-refractivity contribution in [3.05, 3.63) is 35.4 Å². The highest BCUT2D eigenvalue weighted by molar-refractivity contribution is 5.98. The van der Waals surface area contributed by atoms with Gasteiger partial charge < -0.3 is 0 Å². The molecule has 0 saturated carbocycles. The Labute approximate surface area is 121 Å². The number of carbonyl (C=O) groups excluding carboxylic acids is 1. The third kappa shape index (κ3) is 2.94. The number of fused-ring (bicyclic) bond motifs is 1. The van der Waals surface area contributed by atoms with Crippen LogP contribution in [0.2, 0.25) is 0 Å². The van der Waals surface area contributed by atoms with Crippen LogP contribution in [-0.4, -0.2) is 54.3 Å². The van der Waals surface area contributed by atoms with Gasteiger partial charge in [0.1, 0.15) is 0 Å². The topological polar surface area (TPSA) is 23.6 Å². The van der Waals surface area contributed by atoms with Crippen molar-refractivity contribution in [2.45, 2.75) is 32.2 Å². The van der Waals surface area contributed by atoms with Crippen LogP contribution in [0.15, 0.2) is 24.3 Å². The van der Waals surface area contributed by atoms with Crippen LogP contribution in [0, 0.1) is 6.92 Å². The summed E-state index contributed by atoms with van der Waals surface area (Å²) in [7, 11) is 0. The Bertz CT molecular complexity index is 486. The highest BCUT2D eigenvalue weighted by atomic mass is 16.1. The molecule has 3 rings (SSSR count). The molecular weight excluding hydrogens is 248 g/mol. The van der Waals surface area contributed by atoms with Crippen molar-refractivity contribution in [1.82, 2.24) is 9.80 Å². The minimum Gasteiger partial charge on any atom is -0.299 e. The van der Waals surface area contributed by atoms with Gasteiger partial charge in [0, 0.05) is 18.2 Å². The molecule has 20 heavy (non-hydrogen) atoms. The van der Waals surface area contributed by atoms with Crippen LogP contribution in [0.5, 0.6) is 0 Å². The number of hydrogen-bond acceptors (Lipinski definition) is 3. The van der Waals surface area contributed by atoms with Crippen molar-refractivity contribution in [3.63, 3.8) is 0 Å². The van der Waals surface area contributed by atoms with Gasteiger partial charge in [0.15, 0.2) is 5.78 Å². The van der Waals surface area contributed by atoms with Crippen LogP contribution in [0.4, 0.5) is 0 Å². The zero-order valence-corrected chi connectivity index (χ0v) is 12.3. The monoisotopic (exact) mass is 272 g/mol. The molecule has 0 amide bonds. The molecule has 2 heterocycles. The van der Waals surface area contributed by atoms with E-state index in [0.29, 0.717) is 12.6 Å². The number of carbonyl (C=O) groups is 1. The van der Waals surface area contributed by atoms with E-state index in [2.05, 4.69) is 9.80 Å². The molecule has 1 aromatic carbocycles. The van der Waals surface area contributed by atoms with E-state index in [0.717, 1.165) is 24.2 Å². The van der Waals surface area contributed by atoms with Gasteiger partial charge in [-0.2, -0.15) is 0 Å². The molecule has 0 aromatic heterocycles. The fourth-order valence-corrected chi connectivity index (χ4v) is 3.60. The molecule has 0 N–H and O–H groups in total. The fraction of sp³-hybridized carbons (Fsp3) is 0.588. The lowest BCUT2D eigenvalue weighted by atomic mass is 10.0. The maximum absolute atomic E-state index is 12.5. The first kappa shape index (κ1) is 13.8. The SMILES string of the molecule is Cc1ccccc1C(=O)CN1CCCN2CCCC2C1. The third-order valence-corrected chi connectivity index (χ3v) is 4.70. The summed E-state index contributed by atoms with van der Waals surface area (Å²) in [6.07, 6.45) is 3.82. The molecule has 1 aromatic rings. The van der Waals surface area contributed by atoms with E-state index < -0.39 is 0 Å². The van der Waals surface area contributed by atoms with E-state index in [-0.39, 0.29) is 5.78 Å². The quantitative estimate of drug-likeness (QED) is 0.789. The highest BCUT2D eigenvalue weighted by Gasteiger charge is 2.29. The van der Waals surface area contributed by atoms with Gasteiger partial charge >= 0.3 is 0 Å². The van der Waals surface area contributed by atoms with E-state index in [9.17, 15) is 4.79 Å². The largest absolute Gasteiger partial charge is 0.299 e. The number of benzene rings is 1. The Kier molecular flexibility index (Phi) is 4.18. The van der Waals surface area contributed by atoms with Crippen LogP contribution in [0.3, 0.4) is 0 Å². The molecule has 2 aliphatic rings. The average Bonchev–Trinajstić information content (AvgIpc) is 2.78. The lowest BCUT2D eigenvalue weighted by molar-refractivity contribution is 0.0924. The fourth-order valence-electron chi connectivity index (χ4n) is 3.60. The Balaban J connectivity index is 1.65. The maximum atomic E-state index is 12.5. The average molecular weight is 272 g/mol. The van der Waals surface area contributed by atoms with Gasteiger partial charge in [0.05, 0.1) is 6.54 Å². The standard InChI is InChI=1S/C17H24N2O/c1-14-6-2-3-8-16(14)17(20)13-18-9-5-11-19-10-4-7-15(19)12-18/h2-3,6,8,15H,4-5,7,9-13H2,1H3. The summed E-state index contributed by atoms with van der Waals surface area (Å²) in [5.74, 6) is 0.273. The Morgan fingerprint density at radius 2 is 2.00 bits per heavy atom. The maximum Gasteiger partial charge on any atom is 0.177 e. The van der Waals surface area contributed by atoms with Gasteiger partial charge in [-0.1, -0.05) is 24.3 Å². The molecule has 3 heteroatoms. The minimum absolute atomic E-state index is 0.273. The van der Waals surface area contributed by atoms with E-state index in [1.54, 1.807) is 0 Å². The molecule has 2 aliphatic heterocycles. The summed E-state index contributed by atoms with van der Waals surface area (Å²) < 4.78 is 0. The van der Waals surface area contributed by atoms with Crippen LogP contribution in [-0.2, 0) is 0 Å². The van der Waals surface area contributed by atoms with Gasteiger partial charge in [-0.25, -0.2) is 0 Å². The van der Waals surface area contributed by atoms with Crippen molar-refractivity contribution in [2.24, 2.45) is 0 Å². The second-order valence-electron chi connectivity index (χ2n) is 6.16. The summed E-state index contributed by atoms with van der Waals surface area (Å²) in [5, 5.41) is 0. The molecule has 3 nitrogen and oxygen atoms in total. The van der Waals surface area contributed by atoms with Crippen molar-refractivity contribution in [1.29, 1.82) is 0 Å². The first-order valence-electron chi connectivity index (χ1n) is 7.79. The number of ketones is 1. The lowest BCUT2D eigenvalue weighted by Gasteiger charge is -2.25. The lowest BCUT2D eigenvalue weighted by Crippen LogP contribution is -2.38. The molecule has 0 radical (unpaired) electrons. The predicted molar refractivity (Wildman–Crippen MR) is 81.2 cm³/mol. The highest BCUT2D eigenvalue weighted by Crippen LogP contribution is 2.21. The number of rotatable bonds is 3. The third-order valence-electron chi connectivity index (χ3n) is 4.70. The van der Waals surface area contributed by atoms with Crippen molar-refractivity contribution in [3.8, 4) is 0 Å². The number of nitrogens with zero attached hydrogens (tertiary/aromatic N) is 2. The summed E-state index contributed by atoms with van der Waals surface area (Å²) in [5.41, 5.74) is 1.98. The molecular formula is C17H24N2O. The van der Waals surface area contributed by atoms with Crippen LogP contribution >= 0.6 is 0 Å². The minimum atomic E-state index is 0.273. The molecule has 1 atom stereocenters. The molecule has 108 valence electrons. The normalized spacial score (nSPS) is 24.4. The molecule has 2 saturated heterocycles. The Hall–Kier alpha value is -1.19. The Morgan fingerprint density at radius 3 is 2.85 bits per heavy atom. The summed E-state index contributed by atoms with van der Waals surface area (Å²) >= 11 is 0. The van der Waals surface area contributed by atoms with Crippen molar-refractivity contribution < 1.29 is 4.79 Å². The number of aryl methyl sites for hydroxylation is 1. The zero-order valence-electron chi connectivity index (χ0n) is 12.3. The van der Waals surface area contributed by atoms with E-state index in [4.69, 9.17) is 0 Å². The summed E-state index contributed by atoms with van der Waals surface area (Å²) in [6.45, 7) is 7.19. The molecule has 0 bridgehead atoms. The van der Waals surface area contributed by atoms with Crippen LogP contribution in [0.25, 0.3) is 0 Å². The summed E-state index contributed by atoms with van der Waals surface area (Å²) in [6, 6.07) is 8.61. The van der Waals surface area contributed by atoms with Gasteiger partial charge in [-0.15, -0.1) is 0 Å². The van der Waals surface area contributed by atoms with Gasteiger partial charge in [-0.3, -0.25) is 14.6 Å².